The minimum Gasteiger partial charge on any atom is -0.387 e. The van der Waals surface area contributed by atoms with E-state index in [2.05, 4.69) is 0 Å². The summed E-state index contributed by atoms with van der Waals surface area (Å²) in [5, 5.41) is 6.94. The van der Waals surface area contributed by atoms with Crippen molar-refractivity contribution in [3.05, 3.63) is 0 Å². The molecule has 0 amide bonds. The number of hydrogen-bond donors (Lipinski definition) is 2. The Hall–Kier alpha value is -0.780. The molecule has 0 aromatic carbocycles. The third-order valence-corrected chi connectivity index (χ3v) is 2.13. The topological polar surface area (TPSA) is 53.1 Å². The number of nitrogens with two attached hydrogens (primary N) is 1. The smallest absolute Gasteiger partial charge is 0.387 e. The number of alkyl halides is 3. The molecule has 6 heteroatoms. The molecule has 3 nitrogen and oxygen atoms in total. The largest absolute Gasteiger partial charge is 0.393 e. The number of likely N-dealkylation sites (tertiary alicyclic amines) is 1. The lowest BCUT2D eigenvalue weighted by molar-refractivity contribution is -0.170. The fourth-order valence-corrected chi connectivity index (χ4v) is 1.48. The molecule has 1 aliphatic heterocycles. The van der Waals surface area contributed by atoms with Gasteiger partial charge in [0, 0.05) is 6.54 Å². The van der Waals surface area contributed by atoms with Crippen molar-refractivity contribution < 1.29 is 13.2 Å². The van der Waals surface area contributed by atoms with Crippen LogP contribution < -0.4 is 5.73 Å². The van der Waals surface area contributed by atoms with Gasteiger partial charge in [0.05, 0.1) is 12.5 Å². The molecule has 1 rings (SSSR count). The first kappa shape index (κ1) is 10.3. The van der Waals surface area contributed by atoms with Crippen LogP contribution in [0.25, 0.3) is 0 Å². The van der Waals surface area contributed by atoms with Gasteiger partial charge in [0.15, 0.2) is 0 Å². The lowest BCUT2D eigenvalue weighted by atomic mass is 10.1. The summed E-state index contributed by atoms with van der Waals surface area (Å²) in [6.45, 7) is 0.499. The lowest BCUT2D eigenvalue weighted by Crippen LogP contribution is -2.33. The van der Waals surface area contributed by atoms with Crippen LogP contribution in [0, 0.1) is 11.3 Å². The van der Waals surface area contributed by atoms with Crippen LogP contribution in [0.4, 0.5) is 13.2 Å². The summed E-state index contributed by atoms with van der Waals surface area (Å²) in [7, 11) is 0. The molecular formula is C7H12F3N3. The quantitative estimate of drug-likeness (QED) is 0.506. The van der Waals surface area contributed by atoms with Crippen molar-refractivity contribution in [1.29, 1.82) is 5.41 Å². The van der Waals surface area contributed by atoms with Crippen molar-refractivity contribution in [2.75, 3.05) is 19.6 Å². The first-order chi connectivity index (χ1) is 5.89. The summed E-state index contributed by atoms with van der Waals surface area (Å²) in [6, 6.07) is 0. The van der Waals surface area contributed by atoms with Crippen LogP contribution >= 0.6 is 0 Å². The van der Waals surface area contributed by atoms with Crippen molar-refractivity contribution in [3.8, 4) is 0 Å². The van der Waals surface area contributed by atoms with Crippen LogP contribution in [-0.4, -0.2) is 36.5 Å². The van der Waals surface area contributed by atoms with E-state index in [4.69, 9.17) is 11.1 Å². The van der Waals surface area contributed by atoms with E-state index < -0.39 is 12.1 Å². The van der Waals surface area contributed by atoms with Crippen molar-refractivity contribution in [2.45, 2.75) is 12.6 Å². The van der Waals surface area contributed by atoms with E-state index in [0.717, 1.165) is 0 Å². The molecule has 1 atom stereocenters. The standard InChI is InChI=1S/C7H12F3N3/c8-7(9,10)5-1-2-13(3-5)4-6(11)12/h5H,1-4H2,(H3,11,12). The summed E-state index contributed by atoms with van der Waals surface area (Å²) in [5.74, 6) is -1.32. The SMILES string of the molecule is N=C(N)CN1CCC(C(F)(F)F)C1. The Labute approximate surface area is 74.2 Å². The Morgan fingerprint density at radius 3 is 2.54 bits per heavy atom. The predicted molar refractivity (Wildman–Crippen MR) is 42.5 cm³/mol. The predicted octanol–water partition coefficient (Wildman–Crippen LogP) is 0.807. The number of amidine groups is 1. The first-order valence-corrected chi connectivity index (χ1v) is 4.01. The average molecular weight is 195 g/mol. The van der Waals surface area contributed by atoms with Crippen LogP contribution in [0.2, 0.25) is 0 Å². The van der Waals surface area contributed by atoms with Crippen LogP contribution in [0.3, 0.4) is 0 Å². The Bertz CT molecular complexity index is 202. The molecular weight excluding hydrogens is 183 g/mol. The van der Waals surface area contributed by atoms with Crippen LogP contribution in [0.5, 0.6) is 0 Å². The molecule has 1 aliphatic rings. The second kappa shape index (κ2) is 3.53. The maximum Gasteiger partial charge on any atom is 0.393 e. The highest BCUT2D eigenvalue weighted by Crippen LogP contribution is 2.33. The van der Waals surface area contributed by atoms with Gasteiger partial charge in [-0.2, -0.15) is 13.2 Å². The zero-order valence-corrected chi connectivity index (χ0v) is 7.06. The Balaban J connectivity index is 2.41. The normalized spacial score (nSPS) is 25.0. The summed E-state index contributed by atoms with van der Waals surface area (Å²) in [5.41, 5.74) is 5.09. The molecule has 13 heavy (non-hydrogen) atoms. The van der Waals surface area contributed by atoms with Gasteiger partial charge in [-0.1, -0.05) is 0 Å². The average Bonchev–Trinajstić information content (AvgIpc) is 2.32. The zero-order chi connectivity index (χ0) is 10.1. The molecule has 0 spiro atoms. The van der Waals surface area contributed by atoms with Crippen molar-refractivity contribution >= 4 is 5.84 Å². The fourth-order valence-electron chi connectivity index (χ4n) is 1.48. The van der Waals surface area contributed by atoms with Gasteiger partial charge < -0.3 is 5.73 Å². The number of rotatable bonds is 2. The van der Waals surface area contributed by atoms with Gasteiger partial charge in [-0.15, -0.1) is 0 Å². The van der Waals surface area contributed by atoms with Crippen LogP contribution in [0.15, 0.2) is 0 Å². The van der Waals surface area contributed by atoms with Gasteiger partial charge in [-0.25, -0.2) is 0 Å². The van der Waals surface area contributed by atoms with E-state index in [1.165, 1.54) is 0 Å². The molecule has 1 unspecified atom stereocenters. The Morgan fingerprint density at radius 2 is 2.15 bits per heavy atom. The minimum absolute atomic E-state index is 0.0247. The van der Waals surface area contributed by atoms with Gasteiger partial charge >= 0.3 is 6.18 Å². The minimum atomic E-state index is -4.11. The molecule has 1 heterocycles. The van der Waals surface area contributed by atoms with Crippen LogP contribution in [-0.2, 0) is 0 Å². The highest BCUT2D eigenvalue weighted by molar-refractivity contribution is 5.78. The number of hydrogen-bond acceptors (Lipinski definition) is 2. The summed E-state index contributed by atoms with van der Waals surface area (Å²) in [6.07, 6.45) is -3.98. The Morgan fingerprint density at radius 1 is 1.54 bits per heavy atom. The maximum atomic E-state index is 12.2. The molecule has 0 saturated carbocycles. The molecule has 0 aromatic heterocycles. The van der Waals surface area contributed by atoms with E-state index in [1.54, 1.807) is 4.90 Å². The third kappa shape index (κ3) is 2.87. The fraction of sp³-hybridized carbons (Fsp3) is 0.857. The van der Waals surface area contributed by atoms with E-state index in [-0.39, 0.29) is 25.3 Å². The second-order valence-corrected chi connectivity index (χ2v) is 3.29. The maximum absolute atomic E-state index is 12.2. The second-order valence-electron chi connectivity index (χ2n) is 3.29. The number of halogens is 3. The molecule has 1 saturated heterocycles. The lowest BCUT2D eigenvalue weighted by Gasteiger charge is -2.16. The summed E-state index contributed by atoms with van der Waals surface area (Å²) in [4.78, 5) is 1.56. The molecule has 0 radical (unpaired) electrons. The monoisotopic (exact) mass is 195 g/mol. The van der Waals surface area contributed by atoms with E-state index in [0.29, 0.717) is 6.54 Å². The summed E-state index contributed by atoms with van der Waals surface area (Å²) >= 11 is 0. The third-order valence-electron chi connectivity index (χ3n) is 2.13. The van der Waals surface area contributed by atoms with Gasteiger partial charge in [0.1, 0.15) is 5.84 Å². The highest BCUT2D eigenvalue weighted by atomic mass is 19.4. The molecule has 0 aliphatic carbocycles. The van der Waals surface area contributed by atoms with E-state index in [9.17, 15) is 13.2 Å². The summed E-state index contributed by atoms with van der Waals surface area (Å²) < 4.78 is 36.5. The van der Waals surface area contributed by atoms with Gasteiger partial charge in [-0.3, -0.25) is 10.3 Å². The van der Waals surface area contributed by atoms with Gasteiger partial charge in [0.2, 0.25) is 0 Å². The van der Waals surface area contributed by atoms with Gasteiger partial charge in [-0.05, 0) is 13.0 Å². The number of nitrogens with one attached hydrogen (secondary N) is 1. The van der Waals surface area contributed by atoms with Crippen molar-refractivity contribution in [1.82, 2.24) is 4.90 Å². The van der Waals surface area contributed by atoms with E-state index >= 15 is 0 Å². The van der Waals surface area contributed by atoms with Gasteiger partial charge in [0.25, 0.3) is 0 Å². The molecule has 0 aromatic rings. The molecule has 1 fully saturated rings. The molecule has 3 N–H and O–H groups in total. The zero-order valence-electron chi connectivity index (χ0n) is 7.06. The van der Waals surface area contributed by atoms with E-state index in [1.807, 2.05) is 0 Å². The number of nitrogens with zero attached hydrogens (tertiary/aromatic N) is 1. The highest BCUT2D eigenvalue weighted by Gasteiger charge is 2.43. The van der Waals surface area contributed by atoms with Crippen LogP contribution in [0.1, 0.15) is 6.42 Å². The Kier molecular flexibility index (Phi) is 2.80. The molecule has 76 valence electrons. The van der Waals surface area contributed by atoms with Crippen molar-refractivity contribution in [2.24, 2.45) is 11.7 Å². The first-order valence-electron chi connectivity index (χ1n) is 4.01. The van der Waals surface area contributed by atoms with Crippen molar-refractivity contribution in [3.63, 3.8) is 0 Å². The molecule has 0 bridgehead atoms.